The van der Waals surface area contributed by atoms with Crippen molar-refractivity contribution in [2.45, 2.75) is 31.5 Å². The number of hydrogen-bond donors (Lipinski definition) is 3. The van der Waals surface area contributed by atoms with Crippen LogP contribution in [0.3, 0.4) is 0 Å². The minimum Gasteiger partial charge on any atom is -0.481 e. The quantitative estimate of drug-likeness (QED) is 0.688. The summed E-state index contributed by atoms with van der Waals surface area (Å²) < 4.78 is 0. The summed E-state index contributed by atoms with van der Waals surface area (Å²) in [4.78, 5) is 10.3. The second-order valence-corrected chi connectivity index (χ2v) is 4.19. The van der Waals surface area contributed by atoms with Crippen molar-refractivity contribution in [3.63, 3.8) is 0 Å². The van der Waals surface area contributed by atoms with Gasteiger partial charge in [0.25, 0.3) is 0 Å². The van der Waals surface area contributed by atoms with E-state index in [9.17, 15) is 15.0 Å². The fraction of sp³-hybridized carbons (Fsp3) is 0.357. The van der Waals surface area contributed by atoms with Gasteiger partial charge in [0.05, 0.1) is 18.6 Å². The number of aliphatic hydroxyl groups is 2. The third-order valence-electron chi connectivity index (χ3n) is 2.47. The third-order valence-corrected chi connectivity index (χ3v) is 2.47. The first-order valence-electron chi connectivity index (χ1n) is 5.87. The predicted octanol–water partition coefficient (Wildman–Crippen LogP) is 1.68. The Morgan fingerprint density at radius 3 is 2.44 bits per heavy atom. The van der Waals surface area contributed by atoms with E-state index >= 15 is 0 Å². The van der Waals surface area contributed by atoms with Crippen LogP contribution in [0.25, 0.3) is 6.08 Å². The summed E-state index contributed by atoms with van der Waals surface area (Å²) >= 11 is 0. The van der Waals surface area contributed by atoms with E-state index in [0.717, 1.165) is 5.56 Å². The van der Waals surface area contributed by atoms with Crippen LogP contribution in [-0.4, -0.2) is 33.5 Å². The molecule has 4 heteroatoms. The highest BCUT2D eigenvalue weighted by molar-refractivity contribution is 5.67. The Hall–Kier alpha value is -1.65. The molecular weight excluding hydrogens is 232 g/mol. The largest absolute Gasteiger partial charge is 0.481 e. The summed E-state index contributed by atoms with van der Waals surface area (Å²) in [7, 11) is 0. The van der Waals surface area contributed by atoms with Crippen molar-refractivity contribution >= 4 is 12.0 Å². The number of benzene rings is 1. The molecule has 0 heterocycles. The third kappa shape index (κ3) is 6.18. The SMILES string of the molecule is O=C(O)CC(O)CC(O)C/C=C/c1ccccc1. The van der Waals surface area contributed by atoms with Crippen molar-refractivity contribution in [2.24, 2.45) is 0 Å². The Balaban J connectivity index is 2.30. The van der Waals surface area contributed by atoms with Crippen LogP contribution in [0.5, 0.6) is 0 Å². The average Bonchev–Trinajstić information content (AvgIpc) is 2.29. The lowest BCUT2D eigenvalue weighted by Gasteiger charge is -2.12. The molecule has 2 unspecified atom stereocenters. The Morgan fingerprint density at radius 1 is 1.17 bits per heavy atom. The van der Waals surface area contributed by atoms with Crippen LogP contribution in [0.15, 0.2) is 36.4 Å². The molecule has 0 spiro atoms. The Labute approximate surface area is 106 Å². The number of carboxylic acid groups (broad SMARTS) is 1. The smallest absolute Gasteiger partial charge is 0.305 e. The van der Waals surface area contributed by atoms with Crippen molar-refractivity contribution in [3.05, 3.63) is 42.0 Å². The number of carboxylic acids is 1. The lowest BCUT2D eigenvalue weighted by atomic mass is 10.1. The molecular formula is C14H18O4. The summed E-state index contributed by atoms with van der Waals surface area (Å²) in [6.07, 6.45) is 2.11. The molecule has 1 aromatic rings. The number of aliphatic carboxylic acids is 1. The Morgan fingerprint density at radius 2 is 1.83 bits per heavy atom. The lowest BCUT2D eigenvalue weighted by Crippen LogP contribution is -2.20. The topological polar surface area (TPSA) is 77.8 Å². The molecule has 0 fully saturated rings. The minimum absolute atomic E-state index is 0.0748. The highest BCUT2D eigenvalue weighted by Crippen LogP contribution is 2.08. The number of rotatable bonds is 7. The second kappa shape index (κ2) is 7.63. The number of hydrogen-bond acceptors (Lipinski definition) is 3. The molecule has 0 aliphatic heterocycles. The zero-order valence-corrected chi connectivity index (χ0v) is 10.1. The van der Waals surface area contributed by atoms with Crippen LogP contribution >= 0.6 is 0 Å². The van der Waals surface area contributed by atoms with Crippen LogP contribution in [0, 0.1) is 0 Å². The van der Waals surface area contributed by atoms with Gasteiger partial charge in [-0.05, 0) is 12.0 Å². The van der Waals surface area contributed by atoms with Gasteiger partial charge in [0.15, 0.2) is 0 Å². The standard InChI is InChI=1S/C14H18O4/c15-12(9-13(16)10-14(17)18)8-4-7-11-5-2-1-3-6-11/h1-7,12-13,15-16H,8-10H2,(H,17,18)/b7-4+. The molecule has 0 aliphatic carbocycles. The van der Waals surface area contributed by atoms with Crippen molar-refractivity contribution < 1.29 is 20.1 Å². The maximum atomic E-state index is 10.3. The van der Waals surface area contributed by atoms with Crippen molar-refractivity contribution in [1.29, 1.82) is 0 Å². The summed E-state index contributed by atoms with van der Waals surface area (Å²) in [6, 6.07) is 9.66. The van der Waals surface area contributed by atoms with Crippen molar-refractivity contribution in [1.82, 2.24) is 0 Å². The summed E-state index contributed by atoms with van der Waals surface area (Å²) in [5.74, 6) is -1.06. The predicted molar refractivity (Wildman–Crippen MR) is 69.0 cm³/mol. The first kappa shape index (κ1) is 14.4. The molecule has 1 aromatic carbocycles. The highest BCUT2D eigenvalue weighted by Gasteiger charge is 2.13. The molecule has 3 N–H and O–H groups in total. The van der Waals surface area contributed by atoms with Crippen LogP contribution in [0.2, 0.25) is 0 Å². The molecule has 18 heavy (non-hydrogen) atoms. The van der Waals surface area contributed by atoms with Gasteiger partial charge in [0.2, 0.25) is 0 Å². The molecule has 0 saturated carbocycles. The number of carbonyl (C=O) groups is 1. The molecule has 0 saturated heterocycles. The van der Waals surface area contributed by atoms with Gasteiger partial charge in [-0.1, -0.05) is 42.5 Å². The van der Waals surface area contributed by atoms with E-state index in [2.05, 4.69) is 0 Å². The van der Waals surface area contributed by atoms with Crippen molar-refractivity contribution in [2.75, 3.05) is 0 Å². The molecule has 2 atom stereocenters. The van der Waals surface area contributed by atoms with Gasteiger partial charge in [-0.3, -0.25) is 4.79 Å². The Kier molecular flexibility index (Phi) is 6.11. The molecule has 0 bridgehead atoms. The summed E-state index contributed by atoms with van der Waals surface area (Å²) in [5, 5.41) is 27.4. The molecule has 0 aliphatic rings. The van der Waals surface area contributed by atoms with Gasteiger partial charge < -0.3 is 15.3 Å². The Bertz CT molecular complexity index is 386. The van der Waals surface area contributed by atoms with E-state index in [1.165, 1.54) is 0 Å². The first-order valence-corrected chi connectivity index (χ1v) is 5.87. The molecule has 98 valence electrons. The van der Waals surface area contributed by atoms with Gasteiger partial charge in [-0.25, -0.2) is 0 Å². The fourth-order valence-corrected chi connectivity index (χ4v) is 1.62. The zero-order valence-electron chi connectivity index (χ0n) is 10.1. The van der Waals surface area contributed by atoms with Crippen molar-refractivity contribution in [3.8, 4) is 0 Å². The summed E-state index contributed by atoms with van der Waals surface area (Å²) in [5.41, 5.74) is 1.04. The highest BCUT2D eigenvalue weighted by atomic mass is 16.4. The molecule has 1 rings (SSSR count). The van der Waals surface area contributed by atoms with E-state index in [1.807, 2.05) is 42.5 Å². The van der Waals surface area contributed by atoms with Gasteiger partial charge in [-0.2, -0.15) is 0 Å². The first-order chi connectivity index (χ1) is 8.58. The van der Waals surface area contributed by atoms with E-state index in [4.69, 9.17) is 5.11 Å². The van der Waals surface area contributed by atoms with Crippen LogP contribution in [0.4, 0.5) is 0 Å². The monoisotopic (exact) mass is 250 g/mol. The van der Waals surface area contributed by atoms with Gasteiger partial charge >= 0.3 is 5.97 Å². The maximum Gasteiger partial charge on any atom is 0.305 e. The van der Waals surface area contributed by atoms with Crippen LogP contribution < -0.4 is 0 Å². The van der Waals surface area contributed by atoms with E-state index < -0.39 is 18.2 Å². The molecule has 0 amide bonds. The van der Waals surface area contributed by atoms with Crippen LogP contribution in [-0.2, 0) is 4.79 Å². The summed E-state index contributed by atoms with van der Waals surface area (Å²) in [6.45, 7) is 0. The molecule has 0 radical (unpaired) electrons. The van der Waals surface area contributed by atoms with Gasteiger partial charge in [-0.15, -0.1) is 0 Å². The second-order valence-electron chi connectivity index (χ2n) is 4.19. The van der Waals surface area contributed by atoms with E-state index in [0.29, 0.717) is 6.42 Å². The maximum absolute atomic E-state index is 10.3. The molecule has 0 aromatic heterocycles. The molecule has 4 nitrogen and oxygen atoms in total. The van der Waals surface area contributed by atoms with Gasteiger partial charge in [0.1, 0.15) is 0 Å². The van der Waals surface area contributed by atoms with E-state index in [-0.39, 0.29) is 12.8 Å². The number of aliphatic hydroxyl groups excluding tert-OH is 2. The fourth-order valence-electron chi connectivity index (χ4n) is 1.62. The minimum atomic E-state index is -1.06. The normalized spacial score (nSPS) is 14.6. The zero-order chi connectivity index (χ0) is 13.4. The van der Waals surface area contributed by atoms with Gasteiger partial charge in [0, 0.05) is 6.42 Å². The van der Waals surface area contributed by atoms with E-state index in [1.54, 1.807) is 0 Å². The average molecular weight is 250 g/mol. The lowest BCUT2D eigenvalue weighted by molar-refractivity contribution is -0.139. The van der Waals surface area contributed by atoms with Crippen LogP contribution in [0.1, 0.15) is 24.8 Å².